The van der Waals surface area contributed by atoms with Gasteiger partial charge < -0.3 is 0 Å². The fourth-order valence-corrected chi connectivity index (χ4v) is 5.61. The van der Waals surface area contributed by atoms with E-state index in [1.54, 1.807) is 12.4 Å². The molecule has 0 amide bonds. The topological polar surface area (TPSA) is 86.4 Å². The second-order valence-corrected chi connectivity index (χ2v) is 9.71. The van der Waals surface area contributed by atoms with E-state index >= 15 is 0 Å². The Bertz CT molecular complexity index is 1380. The average molecular weight is 456 g/mol. The van der Waals surface area contributed by atoms with Gasteiger partial charge in [-0.2, -0.15) is 10.2 Å². The Morgan fingerprint density at radius 1 is 1.06 bits per heavy atom. The highest BCUT2D eigenvalue weighted by Crippen LogP contribution is 2.31. The van der Waals surface area contributed by atoms with Crippen molar-refractivity contribution in [1.29, 1.82) is 0 Å². The van der Waals surface area contributed by atoms with Crippen LogP contribution in [0.15, 0.2) is 54.2 Å². The van der Waals surface area contributed by atoms with Crippen molar-refractivity contribution in [3.63, 3.8) is 0 Å². The van der Waals surface area contributed by atoms with Crippen LogP contribution in [0.25, 0.3) is 33.5 Å². The lowest BCUT2D eigenvalue weighted by Crippen LogP contribution is -2.34. The number of rotatable bonds is 5. The maximum absolute atomic E-state index is 4.92. The summed E-state index contributed by atoms with van der Waals surface area (Å²) in [6.07, 6.45) is 5.89. The summed E-state index contributed by atoms with van der Waals surface area (Å²) in [7, 11) is 0. The molecule has 4 aromatic heterocycles. The van der Waals surface area contributed by atoms with Gasteiger partial charge >= 0.3 is 0 Å². The number of aryl methyl sites for hydroxylation is 1. The van der Waals surface area contributed by atoms with Gasteiger partial charge in [0, 0.05) is 52.8 Å². The Morgan fingerprint density at radius 3 is 2.82 bits per heavy atom. The summed E-state index contributed by atoms with van der Waals surface area (Å²) in [6.45, 7) is 5.38. The molecule has 0 unspecified atom stereocenters. The molecule has 0 radical (unpaired) electrons. The highest BCUT2D eigenvalue weighted by molar-refractivity contribution is 7.10. The molecular weight excluding hydrogens is 430 g/mol. The Balaban J connectivity index is 1.24. The van der Waals surface area contributed by atoms with Crippen LogP contribution in [0.4, 0.5) is 0 Å². The number of benzene rings is 1. The Labute approximate surface area is 195 Å². The second-order valence-electron chi connectivity index (χ2n) is 8.71. The van der Waals surface area contributed by atoms with Crippen molar-refractivity contribution in [3.8, 4) is 22.6 Å². The normalized spacial score (nSPS) is 17.1. The Hall–Kier alpha value is -3.36. The minimum atomic E-state index is 0.380. The molecule has 1 aliphatic heterocycles. The van der Waals surface area contributed by atoms with Crippen LogP contribution in [0, 0.1) is 6.92 Å². The zero-order valence-electron chi connectivity index (χ0n) is 18.5. The fraction of sp³-hybridized carbons (Fsp3) is 0.280. The van der Waals surface area contributed by atoms with Gasteiger partial charge in [-0.3, -0.25) is 20.1 Å². The molecule has 1 aromatic carbocycles. The van der Waals surface area contributed by atoms with Crippen molar-refractivity contribution < 1.29 is 0 Å². The SMILES string of the molecule is Cc1ccsc1CN1CCC[C@@H](c2nc(-c3ccc4[nH]nc(-c5ccncc5)c4c3)n[nH]2)C1. The maximum atomic E-state index is 4.92. The number of hydrogen-bond donors (Lipinski definition) is 2. The van der Waals surface area contributed by atoms with Gasteiger partial charge in [-0.15, -0.1) is 11.3 Å². The maximum Gasteiger partial charge on any atom is 0.181 e. The molecule has 0 saturated carbocycles. The van der Waals surface area contributed by atoms with E-state index in [0.29, 0.717) is 5.92 Å². The van der Waals surface area contributed by atoms with Crippen LogP contribution in [0.5, 0.6) is 0 Å². The predicted molar refractivity (Wildman–Crippen MR) is 131 cm³/mol. The third-order valence-electron chi connectivity index (χ3n) is 6.51. The van der Waals surface area contributed by atoms with Crippen LogP contribution in [0.2, 0.25) is 0 Å². The zero-order chi connectivity index (χ0) is 22.2. The zero-order valence-corrected chi connectivity index (χ0v) is 19.3. The molecule has 0 spiro atoms. The lowest BCUT2D eigenvalue weighted by atomic mass is 9.97. The van der Waals surface area contributed by atoms with Crippen LogP contribution in [0.3, 0.4) is 0 Å². The molecule has 33 heavy (non-hydrogen) atoms. The number of fused-ring (bicyclic) bond motifs is 1. The standard InChI is InChI=1S/C25H25N7S/c1-16-8-12-33-22(16)15-32-11-2-3-19(14-32)25-27-24(30-31-25)18-4-5-21-20(13-18)23(29-28-21)17-6-9-26-10-7-17/h4-10,12-13,19H,2-3,11,14-15H2,1H3,(H,28,29)(H,27,30,31)/t19-/m1/s1. The molecule has 8 heteroatoms. The summed E-state index contributed by atoms with van der Waals surface area (Å²) >= 11 is 1.85. The lowest BCUT2D eigenvalue weighted by Gasteiger charge is -2.31. The average Bonchev–Trinajstić information content (AvgIpc) is 3.60. The molecule has 0 bridgehead atoms. The molecule has 1 aliphatic rings. The minimum absolute atomic E-state index is 0.380. The van der Waals surface area contributed by atoms with E-state index in [9.17, 15) is 0 Å². The second kappa shape index (κ2) is 8.53. The molecule has 166 valence electrons. The minimum Gasteiger partial charge on any atom is -0.298 e. The van der Waals surface area contributed by atoms with E-state index in [1.165, 1.54) is 16.9 Å². The van der Waals surface area contributed by atoms with Crippen LogP contribution in [-0.2, 0) is 6.54 Å². The van der Waals surface area contributed by atoms with Crippen LogP contribution >= 0.6 is 11.3 Å². The lowest BCUT2D eigenvalue weighted by molar-refractivity contribution is 0.198. The number of H-pyrrole nitrogens is 2. The first-order chi connectivity index (χ1) is 16.2. The number of hydrogen-bond acceptors (Lipinski definition) is 6. The summed E-state index contributed by atoms with van der Waals surface area (Å²) in [5, 5.41) is 18.7. The fourth-order valence-electron chi connectivity index (χ4n) is 4.66. The van der Waals surface area contributed by atoms with Crippen molar-refractivity contribution in [2.24, 2.45) is 0 Å². The van der Waals surface area contributed by atoms with Crippen LogP contribution < -0.4 is 0 Å². The molecule has 0 aliphatic carbocycles. The molecule has 2 N–H and O–H groups in total. The first-order valence-electron chi connectivity index (χ1n) is 11.3. The number of aromatic amines is 2. The Morgan fingerprint density at radius 2 is 1.97 bits per heavy atom. The molecule has 7 nitrogen and oxygen atoms in total. The van der Waals surface area contributed by atoms with Gasteiger partial charge in [0.05, 0.1) is 5.52 Å². The van der Waals surface area contributed by atoms with Crippen molar-refractivity contribution in [3.05, 3.63) is 70.4 Å². The van der Waals surface area contributed by atoms with E-state index in [2.05, 4.69) is 60.8 Å². The largest absolute Gasteiger partial charge is 0.298 e. The van der Waals surface area contributed by atoms with E-state index in [-0.39, 0.29) is 0 Å². The van der Waals surface area contributed by atoms with E-state index < -0.39 is 0 Å². The summed E-state index contributed by atoms with van der Waals surface area (Å²) in [5.41, 5.74) is 5.32. The monoisotopic (exact) mass is 455 g/mol. The molecule has 6 rings (SSSR count). The predicted octanol–water partition coefficient (Wildman–Crippen LogP) is 5.16. The van der Waals surface area contributed by atoms with Gasteiger partial charge in [0.25, 0.3) is 0 Å². The van der Waals surface area contributed by atoms with Crippen LogP contribution in [0.1, 0.15) is 35.0 Å². The van der Waals surface area contributed by atoms with E-state index in [0.717, 1.165) is 65.4 Å². The van der Waals surface area contributed by atoms with Crippen molar-refractivity contribution >= 4 is 22.2 Å². The third kappa shape index (κ3) is 3.96. The highest BCUT2D eigenvalue weighted by Gasteiger charge is 2.25. The van der Waals surface area contributed by atoms with Gasteiger partial charge in [-0.05, 0) is 73.7 Å². The number of aromatic nitrogens is 6. The molecular formula is C25H25N7S. The molecule has 5 heterocycles. The summed E-state index contributed by atoms with van der Waals surface area (Å²) in [6, 6.07) is 12.4. The van der Waals surface area contributed by atoms with Crippen molar-refractivity contribution in [2.45, 2.75) is 32.2 Å². The molecule has 1 fully saturated rings. The van der Waals surface area contributed by atoms with E-state index in [4.69, 9.17) is 4.98 Å². The summed E-state index contributed by atoms with van der Waals surface area (Å²) in [4.78, 5) is 13.0. The van der Waals surface area contributed by atoms with Gasteiger partial charge in [0.1, 0.15) is 11.5 Å². The van der Waals surface area contributed by atoms with Gasteiger partial charge in [0.15, 0.2) is 5.82 Å². The van der Waals surface area contributed by atoms with Crippen molar-refractivity contribution in [1.82, 2.24) is 35.3 Å². The number of piperidine rings is 1. The molecule has 1 atom stereocenters. The quantitative estimate of drug-likeness (QED) is 0.382. The van der Waals surface area contributed by atoms with Gasteiger partial charge in [0.2, 0.25) is 0 Å². The summed E-state index contributed by atoms with van der Waals surface area (Å²) < 4.78 is 0. The third-order valence-corrected chi connectivity index (χ3v) is 7.51. The smallest absolute Gasteiger partial charge is 0.181 e. The number of thiophene rings is 1. The van der Waals surface area contributed by atoms with Gasteiger partial charge in [-0.25, -0.2) is 4.98 Å². The first-order valence-corrected chi connectivity index (χ1v) is 12.2. The highest BCUT2D eigenvalue weighted by atomic mass is 32.1. The number of likely N-dealkylation sites (tertiary alicyclic amines) is 1. The number of nitrogens with one attached hydrogen (secondary N) is 2. The molecule has 1 saturated heterocycles. The van der Waals surface area contributed by atoms with Crippen molar-refractivity contribution in [2.75, 3.05) is 13.1 Å². The van der Waals surface area contributed by atoms with Gasteiger partial charge in [-0.1, -0.05) is 0 Å². The van der Waals surface area contributed by atoms with E-state index in [1.807, 2.05) is 29.5 Å². The van der Waals surface area contributed by atoms with Crippen LogP contribution in [-0.4, -0.2) is 48.4 Å². The Kier molecular flexibility index (Phi) is 5.24. The number of pyridine rings is 1. The number of nitrogens with zero attached hydrogens (tertiary/aromatic N) is 5. The first kappa shape index (κ1) is 20.3. The molecule has 5 aromatic rings. The summed E-state index contributed by atoms with van der Waals surface area (Å²) in [5.74, 6) is 2.10.